The summed E-state index contributed by atoms with van der Waals surface area (Å²) >= 11 is 0. The third kappa shape index (κ3) is 8.99. The van der Waals surface area contributed by atoms with Gasteiger partial charge in [-0.15, -0.1) is 0 Å². The van der Waals surface area contributed by atoms with E-state index in [1.165, 1.54) is 11.0 Å². The highest BCUT2D eigenvalue weighted by molar-refractivity contribution is 6.00. The normalized spacial score (nSPS) is 12.8. The van der Waals surface area contributed by atoms with Gasteiger partial charge in [0.2, 0.25) is 5.91 Å². The van der Waals surface area contributed by atoms with Crippen LogP contribution < -0.4 is 10.6 Å². The Morgan fingerprint density at radius 2 is 1.64 bits per heavy atom. The third-order valence-electron chi connectivity index (χ3n) is 6.28. The second-order valence-electron chi connectivity index (χ2n) is 10.8. The molecule has 4 N–H and O–H groups in total. The maximum absolute atomic E-state index is 14.0. The maximum Gasteiger partial charge on any atom is 0.408 e. The van der Waals surface area contributed by atoms with Gasteiger partial charge in [-0.3, -0.25) is 9.59 Å². The quantitative estimate of drug-likeness (QED) is 0.300. The van der Waals surface area contributed by atoms with Crippen LogP contribution in [0.3, 0.4) is 0 Å². The Bertz CT molecular complexity index is 1140. The molecule has 214 valence electrons. The molecule has 3 amide bonds. The standard InChI is InChI=1S/C30H43N3O6/c1-8-9-10-16-33(28(37)23(18-34)31-29(38)39-30(5,6)7)26(22-14-15-24(35)21(4)17-22)27(36)32-25-19(2)12-11-13-20(25)3/h11-15,17,23,26,34-35H,8-10,16,18H2,1-7H3,(H,31,38)(H,32,36). The van der Waals surface area contributed by atoms with E-state index in [1.807, 2.05) is 39.0 Å². The highest BCUT2D eigenvalue weighted by Crippen LogP contribution is 2.30. The summed E-state index contributed by atoms with van der Waals surface area (Å²) in [6.07, 6.45) is 1.46. The molecule has 0 saturated carbocycles. The van der Waals surface area contributed by atoms with Gasteiger partial charge in [-0.2, -0.15) is 0 Å². The molecule has 2 atom stereocenters. The molecular weight excluding hydrogens is 498 g/mol. The Labute approximate surface area is 231 Å². The number of nitrogens with zero attached hydrogens (tertiary/aromatic N) is 1. The smallest absolute Gasteiger partial charge is 0.408 e. The molecule has 0 radical (unpaired) electrons. The van der Waals surface area contributed by atoms with Gasteiger partial charge < -0.3 is 30.5 Å². The summed E-state index contributed by atoms with van der Waals surface area (Å²) in [4.78, 5) is 41.7. The number of hydrogen-bond donors (Lipinski definition) is 4. The Kier molecular flexibility index (Phi) is 11.3. The van der Waals surface area contributed by atoms with Crippen molar-refractivity contribution >= 4 is 23.6 Å². The van der Waals surface area contributed by atoms with E-state index >= 15 is 0 Å². The second-order valence-corrected chi connectivity index (χ2v) is 10.8. The monoisotopic (exact) mass is 541 g/mol. The molecule has 0 aromatic heterocycles. The number of para-hydroxylation sites is 1. The van der Waals surface area contributed by atoms with Gasteiger partial charge in [0.25, 0.3) is 5.91 Å². The molecule has 2 aromatic rings. The number of rotatable bonds is 11. The van der Waals surface area contributed by atoms with Crippen molar-refractivity contribution in [2.45, 2.75) is 85.4 Å². The van der Waals surface area contributed by atoms with Crippen molar-refractivity contribution in [3.8, 4) is 5.75 Å². The van der Waals surface area contributed by atoms with Gasteiger partial charge in [0.05, 0.1) is 6.61 Å². The molecule has 0 fully saturated rings. The fourth-order valence-electron chi connectivity index (χ4n) is 4.26. The number of phenolic OH excluding ortho intramolecular Hbond substituents is 1. The number of aliphatic hydroxyl groups excluding tert-OH is 1. The van der Waals surface area contributed by atoms with Gasteiger partial charge >= 0.3 is 6.09 Å². The van der Waals surface area contributed by atoms with Crippen molar-refractivity contribution in [3.05, 3.63) is 58.7 Å². The van der Waals surface area contributed by atoms with Crippen LogP contribution in [0.1, 0.15) is 75.3 Å². The van der Waals surface area contributed by atoms with E-state index in [-0.39, 0.29) is 12.3 Å². The molecule has 39 heavy (non-hydrogen) atoms. The van der Waals surface area contributed by atoms with Gasteiger partial charge in [0.1, 0.15) is 23.4 Å². The number of carbonyl (C=O) groups excluding carboxylic acids is 3. The van der Waals surface area contributed by atoms with Crippen molar-refractivity contribution in [2.75, 3.05) is 18.5 Å². The number of carbonyl (C=O) groups is 3. The van der Waals surface area contributed by atoms with E-state index in [0.29, 0.717) is 23.2 Å². The first-order valence-electron chi connectivity index (χ1n) is 13.4. The SMILES string of the molecule is CCCCCN(C(=O)C(CO)NC(=O)OC(C)(C)C)C(C(=O)Nc1c(C)cccc1C)c1ccc(O)c(C)c1. The highest BCUT2D eigenvalue weighted by atomic mass is 16.6. The summed E-state index contributed by atoms with van der Waals surface area (Å²) in [6, 6.07) is 8.01. The van der Waals surface area contributed by atoms with Crippen LogP contribution in [0.2, 0.25) is 0 Å². The minimum atomic E-state index is -1.32. The van der Waals surface area contributed by atoms with Crippen molar-refractivity contribution in [3.63, 3.8) is 0 Å². The van der Waals surface area contributed by atoms with E-state index < -0.39 is 42.2 Å². The highest BCUT2D eigenvalue weighted by Gasteiger charge is 2.36. The lowest BCUT2D eigenvalue weighted by Gasteiger charge is -2.34. The molecule has 0 heterocycles. The predicted octanol–water partition coefficient (Wildman–Crippen LogP) is 4.90. The average Bonchev–Trinajstić information content (AvgIpc) is 2.85. The number of alkyl carbamates (subject to hydrolysis) is 1. The summed E-state index contributed by atoms with van der Waals surface area (Å²) in [5, 5.41) is 25.7. The number of ether oxygens (including phenoxy) is 1. The average molecular weight is 542 g/mol. The summed E-state index contributed by atoms with van der Waals surface area (Å²) < 4.78 is 5.29. The lowest BCUT2D eigenvalue weighted by Crippen LogP contribution is -2.54. The van der Waals surface area contributed by atoms with Crippen LogP contribution in [-0.2, 0) is 14.3 Å². The molecular formula is C30H43N3O6. The lowest BCUT2D eigenvalue weighted by molar-refractivity contribution is -0.141. The molecule has 2 rings (SSSR count). The Morgan fingerprint density at radius 3 is 2.18 bits per heavy atom. The Balaban J connectivity index is 2.56. The number of aliphatic hydroxyl groups is 1. The van der Waals surface area contributed by atoms with Crippen molar-refractivity contribution in [1.29, 1.82) is 0 Å². The minimum Gasteiger partial charge on any atom is -0.508 e. The number of anilines is 1. The number of nitrogens with one attached hydrogen (secondary N) is 2. The number of unbranched alkanes of at least 4 members (excludes halogenated alkanes) is 2. The van der Waals surface area contributed by atoms with Crippen molar-refractivity contribution < 1.29 is 29.3 Å². The number of aryl methyl sites for hydroxylation is 3. The lowest BCUT2D eigenvalue weighted by atomic mass is 9.99. The first-order valence-corrected chi connectivity index (χ1v) is 13.4. The topological polar surface area (TPSA) is 128 Å². The summed E-state index contributed by atoms with van der Waals surface area (Å²) in [5.74, 6) is -1.00. The first kappa shape index (κ1) is 31.6. The molecule has 0 spiro atoms. The van der Waals surface area contributed by atoms with Crippen LogP contribution in [0.4, 0.5) is 10.5 Å². The summed E-state index contributed by atoms with van der Waals surface area (Å²) in [5.41, 5.74) is 2.62. The summed E-state index contributed by atoms with van der Waals surface area (Å²) in [6.45, 7) is 12.1. The van der Waals surface area contributed by atoms with Gasteiger partial charge in [0.15, 0.2) is 0 Å². The second kappa shape index (κ2) is 14.0. The number of amides is 3. The van der Waals surface area contributed by atoms with Gasteiger partial charge in [-0.05, 0) is 82.3 Å². The summed E-state index contributed by atoms with van der Waals surface area (Å²) in [7, 11) is 0. The predicted molar refractivity (Wildman–Crippen MR) is 152 cm³/mol. The minimum absolute atomic E-state index is 0.0661. The van der Waals surface area contributed by atoms with Gasteiger partial charge in [0, 0.05) is 12.2 Å². The third-order valence-corrected chi connectivity index (χ3v) is 6.28. The molecule has 2 unspecified atom stereocenters. The van der Waals surface area contributed by atoms with Crippen LogP contribution in [0.25, 0.3) is 0 Å². The largest absolute Gasteiger partial charge is 0.508 e. The number of aromatic hydroxyl groups is 1. The van der Waals surface area contributed by atoms with E-state index in [1.54, 1.807) is 39.8 Å². The number of benzene rings is 2. The van der Waals surface area contributed by atoms with Gasteiger partial charge in [-0.25, -0.2) is 4.79 Å². The molecule has 0 aliphatic carbocycles. The molecule has 2 aromatic carbocycles. The van der Waals surface area contributed by atoms with Crippen molar-refractivity contribution in [2.24, 2.45) is 0 Å². The molecule has 0 aliphatic rings. The fraction of sp³-hybridized carbons (Fsp3) is 0.500. The fourth-order valence-corrected chi connectivity index (χ4v) is 4.26. The van der Waals surface area contributed by atoms with Crippen molar-refractivity contribution in [1.82, 2.24) is 10.2 Å². The molecule has 9 heteroatoms. The Hall–Kier alpha value is -3.59. The first-order chi connectivity index (χ1) is 18.3. The zero-order chi connectivity index (χ0) is 29.3. The molecule has 0 aliphatic heterocycles. The molecule has 0 bridgehead atoms. The number of hydrogen-bond acceptors (Lipinski definition) is 6. The van der Waals surface area contributed by atoms with E-state index in [2.05, 4.69) is 10.6 Å². The van der Waals surface area contributed by atoms with E-state index in [0.717, 1.165) is 24.0 Å². The van der Waals surface area contributed by atoms with Crippen LogP contribution in [0, 0.1) is 20.8 Å². The van der Waals surface area contributed by atoms with Crippen LogP contribution in [-0.4, -0.2) is 57.8 Å². The molecule has 9 nitrogen and oxygen atoms in total. The Morgan fingerprint density at radius 1 is 1.00 bits per heavy atom. The van der Waals surface area contributed by atoms with Crippen LogP contribution in [0.15, 0.2) is 36.4 Å². The van der Waals surface area contributed by atoms with Crippen LogP contribution in [0.5, 0.6) is 5.75 Å². The molecule has 0 saturated heterocycles. The maximum atomic E-state index is 14.0. The van der Waals surface area contributed by atoms with Crippen LogP contribution >= 0.6 is 0 Å². The van der Waals surface area contributed by atoms with E-state index in [4.69, 9.17) is 4.74 Å². The number of phenols is 1. The van der Waals surface area contributed by atoms with Gasteiger partial charge in [-0.1, -0.05) is 44.0 Å². The zero-order valence-electron chi connectivity index (χ0n) is 24.1. The zero-order valence-corrected chi connectivity index (χ0v) is 24.1. The van der Waals surface area contributed by atoms with E-state index in [9.17, 15) is 24.6 Å².